The first-order valence-electron chi connectivity index (χ1n) is 7.01. The van der Waals surface area contributed by atoms with Crippen LogP contribution in [0.4, 0.5) is 17.1 Å². The van der Waals surface area contributed by atoms with Gasteiger partial charge < -0.3 is 16.0 Å². The Balaban J connectivity index is 2.12. The Morgan fingerprint density at radius 3 is 1.74 bits per heavy atom. The van der Waals surface area contributed by atoms with Crippen LogP contribution < -0.4 is 16.0 Å². The summed E-state index contributed by atoms with van der Waals surface area (Å²) in [6.45, 7) is 2.82. The van der Waals surface area contributed by atoms with Gasteiger partial charge >= 0.3 is 0 Å². The predicted octanol–water partition coefficient (Wildman–Crippen LogP) is 2.86. The third kappa shape index (κ3) is 4.96. The minimum atomic E-state index is -0.308. The van der Waals surface area contributed by atoms with E-state index in [0.29, 0.717) is 22.6 Å². The lowest BCUT2D eigenvalue weighted by Gasteiger charge is -2.09. The molecule has 6 heteroatoms. The maximum absolute atomic E-state index is 12.3. The van der Waals surface area contributed by atoms with Crippen LogP contribution in [0, 0.1) is 0 Å². The summed E-state index contributed by atoms with van der Waals surface area (Å²) < 4.78 is 0. The van der Waals surface area contributed by atoms with Gasteiger partial charge in [-0.1, -0.05) is 12.1 Å². The summed E-state index contributed by atoms with van der Waals surface area (Å²) in [5.41, 5.74) is 2.13. The van der Waals surface area contributed by atoms with Gasteiger partial charge in [0.1, 0.15) is 0 Å². The average molecular weight is 311 g/mol. The second-order valence-electron chi connectivity index (χ2n) is 4.98. The molecule has 0 aliphatic heterocycles. The van der Waals surface area contributed by atoms with Crippen LogP contribution >= 0.6 is 0 Å². The van der Waals surface area contributed by atoms with Gasteiger partial charge in [-0.15, -0.1) is 0 Å². The van der Waals surface area contributed by atoms with Crippen LogP contribution in [0.25, 0.3) is 0 Å². The van der Waals surface area contributed by atoms with Gasteiger partial charge in [-0.25, -0.2) is 0 Å². The van der Waals surface area contributed by atoms with E-state index >= 15 is 0 Å². The molecule has 6 nitrogen and oxygen atoms in total. The molecule has 3 amide bonds. The summed E-state index contributed by atoms with van der Waals surface area (Å²) in [5, 5.41) is 8.03. The van der Waals surface area contributed by atoms with Crippen molar-refractivity contribution < 1.29 is 14.4 Å². The molecule has 0 saturated heterocycles. The van der Waals surface area contributed by atoms with Crippen molar-refractivity contribution in [2.24, 2.45) is 0 Å². The van der Waals surface area contributed by atoms with Crippen molar-refractivity contribution in [2.45, 2.75) is 13.8 Å². The first kappa shape index (κ1) is 16.2. The van der Waals surface area contributed by atoms with E-state index in [2.05, 4.69) is 16.0 Å². The van der Waals surface area contributed by atoms with Crippen molar-refractivity contribution in [1.29, 1.82) is 0 Å². The molecule has 0 fully saturated rings. The molecule has 0 radical (unpaired) electrons. The first-order valence-corrected chi connectivity index (χ1v) is 7.01. The Labute approximate surface area is 133 Å². The normalized spacial score (nSPS) is 9.83. The van der Waals surface area contributed by atoms with Crippen LogP contribution in [0.1, 0.15) is 24.2 Å². The zero-order valence-electron chi connectivity index (χ0n) is 12.8. The molecule has 0 aliphatic carbocycles. The van der Waals surface area contributed by atoms with E-state index in [-0.39, 0.29) is 17.7 Å². The Kier molecular flexibility index (Phi) is 5.09. The minimum absolute atomic E-state index is 0.184. The maximum Gasteiger partial charge on any atom is 0.255 e. The van der Waals surface area contributed by atoms with Gasteiger partial charge in [0.05, 0.1) is 0 Å². The maximum atomic E-state index is 12.3. The van der Waals surface area contributed by atoms with Crippen LogP contribution in [0.3, 0.4) is 0 Å². The predicted molar refractivity (Wildman–Crippen MR) is 89.4 cm³/mol. The lowest BCUT2D eigenvalue weighted by molar-refractivity contribution is -0.115. The van der Waals surface area contributed by atoms with E-state index in [4.69, 9.17) is 0 Å². The number of rotatable bonds is 4. The summed E-state index contributed by atoms with van der Waals surface area (Å²) in [4.78, 5) is 34.4. The number of nitrogens with one attached hydrogen (secondary N) is 3. The van der Waals surface area contributed by atoms with Crippen LogP contribution in [0.15, 0.2) is 48.5 Å². The molecule has 3 N–H and O–H groups in total. The van der Waals surface area contributed by atoms with Crippen molar-refractivity contribution in [3.8, 4) is 0 Å². The van der Waals surface area contributed by atoms with Crippen molar-refractivity contribution in [3.63, 3.8) is 0 Å². The first-order chi connectivity index (χ1) is 10.9. The second-order valence-corrected chi connectivity index (χ2v) is 4.98. The largest absolute Gasteiger partial charge is 0.326 e. The van der Waals surface area contributed by atoms with Gasteiger partial charge in [0.2, 0.25) is 11.8 Å². The molecule has 0 saturated carbocycles. The van der Waals surface area contributed by atoms with Crippen LogP contribution in [0.2, 0.25) is 0 Å². The number of benzene rings is 2. The minimum Gasteiger partial charge on any atom is -0.326 e. The van der Waals surface area contributed by atoms with Gasteiger partial charge in [-0.05, 0) is 36.4 Å². The molecule has 0 heterocycles. The molecule has 2 rings (SSSR count). The number of amides is 3. The van der Waals surface area contributed by atoms with E-state index < -0.39 is 0 Å². The van der Waals surface area contributed by atoms with E-state index in [0.717, 1.165) is 0 Å². The van der Waals surface area contributed by atoms with Crippen molar-refractivity contribution >= 4 is 34.8 Å². The summed E-state index contributed by atoms with van der Waals surface area (Å²) in [5.74, 6) is -0.695. The van der Waals surface area contributed by atoms with E-state index in [9.17, 15) is 14.4 Å². The Morgan fingerprint density at radius 1 is 0.696 bits per heavy atom. The van der Waals surface area contributed by atoms with E-state index in [1.54, 1.807) is 48.5 Å². The number of hydrogen-bond acceptors (Lipinski definition) is 3. The highest BCUT2D eigenvalue weighted by Gasteiger charge is 2.08. The van der Waals surface area contributed by atoms with Crippen LogP contribution in [-0.2, 0) is 9.59 Å². The van der Waals surface area contributed by atoms with Gasteiger partial charge in [0, 0.05) is 36.5 Å². The van der Waals surface area contributed by atoms with Crippen molar-refractivity contribution in [1.82, 2.24) is 0 Å². The van der Waals surface area contributed by atoms with E-state index in [1.165, 1.54) is 13.8 Å². The number of hydrogen-bond donors (Lipinski definition) is 3. The number of carbonyl (C=O) groups excluding carboxylic acids is 3. The highest BCUT2D eigenvalue weighted by Crippen LogP contribution is 2.17. The van der Waals surface area contributed by atoms with E-state index in [1.807, 2.05) is 0 Å². The Bertz CT molecular complexity index is 756. The second kappa shape index (κ2) is 7.22. The van der Waals surface area contributed by atoms with Gasteiger partial charge in [-0.2, -0.15) is 0 Å². The van der Waals surface area contributed by atoms with Crippen molar-refractivity contribution in [2.75, 3.05) is 16.0 Å². The zero-order valence-corrected chi connectivity index (χ0v) is 12.8. The molecule has 0 bridgehead atoms. The van der Waals surface area contributed by atoms with Crippen molar-refractivity contribution in [3.05, 3.63) is 54.1 Å². The SMILES string of the molecule is CC(=O)Nc1cccc(NC(=O)c2cccc(NC(C)=O)c2)c1. The fourth-order valence-corrected chi connectivity index (χ4v) is 2.02. The molecular formula is C17H17N3O3. The molecule has 0 aliphatic rings. The third-order valence-electron chi connectivity index (χ3n) is 2.89. The Hall–Kier alpha value is -3.15. The number of anilines is 3. The molecule has 2 aromatic rings. The summed E-state index contributed by atoms with van der Waals surface area (Å²) in [6, 6.07) is 13.5. The smallest absolute Gasteiger partial charge is 0.255 e. The zero-order chi connectivity index (χ0) is 16.8. The highest BCUT2D eigenvalue weighted by molar-refractivity contribution is 6.05. The molecule has 0 atom stereocenters. The number of carbonyl (C=O) groups is 3. The fraction of sp³-hybridized carbons (Fsp3) is 0.118. The lowest BCUT2D eigenvalue weighted by atomic mass is 10.1. The molecule has 0 unspecified atom stereocenters. The Morgan fingerprint density at radius 2 is 1.17 bits per heavy atom. The van der Waals surface area contributed by atoms with Crippen LogP contribution in [0.5, 0.6) is 0 Å². The molecule has 2 aromatic carbocycles. The average Bonchev–Trinajstić information content (AvgIpc) is 2.46. The summed E-state index contributed by atoms with van der Waals surface area (Å²) >= 11 is 0. The third-order valence-corrected chi connectivity index (χ3v) is 2.89. The highest BCUT2D eigenvalue weighted by atomic mass is 16.2. The summed E-state index contributed by atoms with van der Waals surface area (Å²) in [6.07, 6.45) is 0. The topological polar surface area (TPSA) is 87.3 Å². The van der Waals surface area contributed by atoms with Crippen LogP contribution in [-0.4, -0.2) is 17.7 Å². The van der Waals surface area contributed by atoms with Gasteiger partial charge in [0.15, 0.2) is 0 Å². The standard InChI is InChI=1S/C17H17N3O3/c1-11(21)18-14-6-3-5-13(9-14)17(23)20-16-8-4-7-15(10-16)19-12(2)22/h3-10H,1-2H3,(H,18,21)(H,19,22)(H,20,23). The van der Waals surface area contributed by atoms with Gasteiger partial charge in [0.25, 0.3) is 5.91 Å². The molecule has 23 heavy (non-hydrogen) atoms. The summed E-state index contributed by atoms with van der Waals surface area (Å²) in [7, 11) is 0. The molecule has 0 spiro atoms. The fourth-order valence-electron chi connectivity index (χ4n) is 2.02. The molecule has 0 aromatic heterocycles. The monoisotopic (exact) mass is 311 g/mol. The lowest BCUT2D eigenvalue weighted by Crippen LogP contribution is -2.13. The quantitative estimate of drug-likeness (QED) is 0.811. The van der Waals surface area contributed by atoms with Gasteiger partial charge in [-0.3, -0.25) is 14.4 Å². The molecule has 118 valence electrons. The molecular weight excluding hydrogens is 294 g/mol.